The summed E-state index contributed by atoms with van der Waals surface area (Å²) in [4.78, 5) is 19.8. The Morgan fingerprint density at radius 2 is 2.03 bits per heavy atom. The second kappa shape index (κ2) is 7.56. The second-order valence-corrected chi connectivity index (χ2v) is 7.64. The molecule has 10 nitrogen and oxygen atoms in total. The molecule has 4 N–H and O–H groups in total. The lowest BCUT2D eigenvalue weighted by Gasteiger charge is -2.38. The fourth-order valence-corrected chi connectivity index (χ4v) is 4.09. The zero-order chi connectivity index (χ0) is 20.6. The fraction of sp³-hybridized carbons (Fsp3) is 0.286. The van der Waals surface area contributed by atoms with Crippen molar-refractivity contribution in [2.24, 2.45) is 4.99 Å². The molecule has 0 spiro atoms. The standard InChI is InChI=1S/C21H23N9O/c1-2-4-16-15(3-1)25-17(26-16)11-23-19-18-20(30(13-24-18)14-5-10-31-12-14)28-21(27-19)29-8-6-22-7-9-29/h1-5,10,12-13,21-22,28H,6-9,11H2,(H,23,27)(H,25,26). The van der Waals surface area contributed by atoms with Crippen LogP contribution in [0.2, 0.25) is 0 Å². The molecule has 1 fully saturated rings. The molecule has 0 radical (unpaired) electrons. The average molecular weight is 417 g/mol. The van der Waals surface area contributed by atoms with E-state index < -0.39 is 0 Å². The van der Waals surface area contributed by atoms with Crippen LogP contribution >= 0.6 is 0 Å². The highest BCUT2D eigenvalue weighted by molar-refractivity contribution is 6.03. The molecular weight excluding hydrogens is 394 g/mol. The summed E-state index contributed by atoms with van der Waals surface area (Å²) in [7, 11) is 0. The van der Waals surface area contributed by atoms with Crippen molar-refractivity contribution < 1.29 is 4.42 Å². The van der Waals surface area contributed by atoms with Crippen molar-refractivity contribution in [2.45, 2.75) is 12.8 Å². The molecule has 4 aromatic rings. The topological polar surface area (TPSA) is 111 Å². The van der Waals surface area contributed by atoms with Gasteiger partial charge in [-0.25, -0.2) is 9.97 Å². The predicted molar refractivity (Wildman–Crippen MR) is 117 cm³/mol. The van der Waals surface area contributed by atoms with Crippen LogP contribution in [0.25, 0.3) is 16.7 Å². The third kappa shape index (κ3) is 3.35. The molecule has 158 valence electrons. The van der Waals surface area contributed by atoms with Crippen LogP contribution < -0.4 is 16.0 Å². The Labute approximate surface area is 178 Å². The van der Waals surface area contributed by atoms with Crippen molar-refractivity contribution in [1.82, 2.24) is 35.1 Å². The van der Waals surface area contributed by atoms with E-state index in [4.69, 9.17) is 9.41 Å². The third-order valence-corrected chi connectivity index (χ3v) is 5.67. The van der Waals surface area contributed by atoms with Crippen molar-refractivity contribution in [3.05, 3.63) is 60.7 Å². The van der Waals surface area contributed by atoms with Gasteiger partial charge in [0.05, 0.1) is 29.5 Å². The smallest absolute Gasteiger partial charge is 0.157 e. The quantitative estimate of drug-likeness (QED) is 0.398. The summed E-state index contributed by atoms with van der Waals surface area (Å²) in [5.41, 5.74) is 3.65. The van der Waals surface area contributed by atoms with E-state index in [2.05, 4.69) is 35.8 Å². The van der Waals surface area contributed by atoms with E-state index in [0.29, 0.717) is 6.54 Å². The molecular formula is C21H23N9O. The molecule has 10 heteroatoms. The number of aromatic nitrogens is 4. The number of aliphatic imine (C=N–C) groups is 1. The first kappa shape index (κ1) is 18.2. The van der Waals surface area contributed by atoms with Crippen molar-refractivity contribution in [1.29, 1.82) is 0 Å². The van der Waals surface area contributed by atoms with Crippen LogP contribution in [0.15, 0.2) is 58.6 Å². The van der Waals surface area contributed by atoms with Crippen LogP contribution in [-0.2, 0) is 6.54 Å². The van der Waals surface area contributed by atoms with Gasteiger partial charge in [-0.15, -0.1) is 0 Å². The van der Waals surface area contributed by atoms with E-state index in [1.165, 1.54) is 0 Å². The number of piperazine rings is 1. The number of para-hydroxylation sites is 2. The van der Waals surface area contributed by atoms with Gasteiger partial charge in [0, 0.05) is 32.2 Å². The van der Waals surface area contributed by atoms with Gasteiger partial charge in [0.1, 0.15) is 29.9 Å². The Balaban J connectivity index is 1.35. The molecule has 3 aromatic heterocycles. The van der Waals surface area contributed by atoms with Crippen LogP contribution in [0.3, 0.4) is 0 Å². The zero-order valence-corrected chi connectivity index (χ0v) is 16.9. The van der Waals surface area contributed by atoms with Gasteiger partial charge in [-0.3, -0.25) is 14.5 Å². The second-order valence-electron chi connectivity index (χ2n) is 7.64. The van der Waals surface area contributed by atoms with Crippen LogP contribution in [-0.4, -0.2) is 62.7 Å². The molecule has 2 aliphatic rings. The summed E-state index contributed by atoms with van der Waals surface area (Å²) in [5.74, 6) is 2.47. The zero-order valence-electron chi connectivity index (χ0n) is 16.9. The number of nitrogens with zero attached hydrogens (tertiary/aromatic N) is 5. The Hall–Kier alpha value is -3.63. The van der Waals surface area contributed by atoms with E-state index >= 15 is 0 Å². The number of fused-ring (bicyclic) bond motifs is 2. The van der Waals surface area contributed by atoms with Crippen LogP contribution in [0.5, 0.6) is 0 Å². The highest BCUT2D eigenvalue weighted by Gasteiger charge is 2.31. The molecule has 0 saturated carbocycles. The molecule has 1 aromatic carbocycles. The summed E-state index contributed by atoms with van der Waals surface area (Å²) in [6.07, 6.45) is 5.08. The number of benzene rings is 1. The van der Waals surface area contributed by atoms with Crippen LogP contribution in [0.4, 0.5) is 5.82 Å². The first-order valence-electron chi connectivity index (χ1n) is 10.4. The Morgan fingerprint density at radius 1 is 1.13 bits per heavy atom. The summed E-state index contributed by atoms with van der Waals surface area (Å²) >= 11 is 0. The van der Waals surface area contributed by atoms with Gasteiger partial charge in [0.25, 0.3) is 0 Å². The lowest BCUT2D eigenvalue weighted by atomic mass is 10.3. The maximum Gasteiger partial charge on any atom is 0.157 e. The lowest BCUT2D eigenvalue weighted by Crippen LogP contribution is -2.60. The van der Waals surface area contributed by atoms with Gasteiger partial charge in [-0.1, -0.05) is 12.1 Å². The highest BCUT2D eigenvalue weighted by Crippen LogP contribution is 2.25. The Morgan fingerprint density at radius 3 is 2.87 bits per heavy atom. The van der Waals surface area contributed by atoms with E-state index in [9.17, 15) is 0 Å². The molecule has 31 heavy (non-hydrogen) atoms. The number of imidazole rings is 2. The number of amidine groups is 1. The summed E-state index contributed by atoms with van der Waals surface area (Å²) in [6.45, 7) is 4.23. The lowest BCUT2D eigenvalue weighted by molar-refractivity contribution is 0.177. The van der Waals surface area contributed by atoms with Crippen LogP contribution in [0, 0.1) is 0 Å². The molecule has 5 heterocycles. The van der Waals surface area contributed by atoms with E-state index in [1.807, 2.05) is 34.9 Å². The van der Waals surface area contributed by atoms with Crippen molar-refractivity contribution in [3.8, 4) is 5.69 Å². The summed E-state index contributed by atoms with van der Waals surface area (Å²) in [6, 6.07) is 9.91. The van der Waals surface area contributed by atoms with Gasteiger partial charge in [0.2, 0.25) is 0 Å². The molecule has 0 amide bonds. The van der Waals surface area contributed by atoms with Crippen molar-refractivity contribution >= 4 is 22.7 Å². The summed E-state index contributed by atoms with van der Waals surface area (Å²) < 4.78 is 7.27. The largest absolute Gasteiger partial charge is 0.470 e. The number of furan rings is 1. The van der Waals surface area contributed by atoms with Gasteiger partial charge in [-0.05, 0) is 12.1 Å². The number of nitrogens with one attached hydrogen (secondary N) is 4. The fourth-order valence-electron chi connectivity index (χ4n) is 4.09. The molecule has 2 aliphatic heterocycles. The Bertz CT molecular complexity index is 1180. The number of H-pyrrole nitrogens is 1. The predicted octanol–water partition coefficient (Wildman–Crippen LogP) is 1.49. The highest BCUT2D eigenvalue weighted by atomic mass is 16.3. The molecule has 1 unspecified atom stereocenters. The molecule has 6 rings (SSSR count). The molecule has 1 saturated heterocycles. The number of rotatable bonds is 4. The minimum atomic E-state index is -0.0774. The number of hydrogen-bond acceptors (Lipinski definition) is 7. The van der Waals surface area contributed by atoms with E-state index in [0.717, 1.165) is 66.1 Å². The average Bonchev–Trinajstić information content (AvgIpc) is 3.56. The van der Waals surface area contributed by atoms with Gasteiger partial charge in [-0.2, -0.15) is 0 Å². The molecule has 0 aliphatic carbocycles. The SMILES string of the molecule is c1ccc2[nH]c(CN=C3NC(N4CCNCC4)Nc4c3ncn4-c3ccoc3)nc2c1. The van der Waals surface area contributed by atoms with Gasteiger partial charge >= 0.3 is 0 Å². The first-order valence-corrected chi connectivity index (χ1v) is 10.4. The molecule has 0 bridgehead atoms. The van der Waals surface area contributed by atoms with Crippen molar-refractivity contribution in [2.75, 3.05) is 31.5 Å². The monoisotopic (exact) mass is 417 g/mol. The number of anilines is 1. The Kier molecular flexibility index (Phi) is 4.43. The third-order valence-electron chi connectivity index (χ3n) is 5.67. The van der Waals surface area contributed by atoms with E-state index in [1.54, 1.807) is 18.9 Å². The number of hydrogen-bond donors (Lipinski definition) is 4. The van der Waals surface area contributed by atoms with Gasteiger partial charge in [0.15, 0.2) is 12.1 Å². The first-order chi connectivity index (χ1) is 15.3. The molecule has 1 atom stereocenters. The van der Waals surface area contributed by atoms with E-state index in [-0.39, 0.29) is 6.29 Å². The minimum Gasteiger partial charge on any atom is -0.470 e. The van der Waals surface area contributed by atoms with Crippen molar-refractivity contribution in [3.63, 3.8) is 0 Å². The maximum absolute atomic E-state index is 5.28. The van der Waals surface area contributed by atoms with Gasteiger partial charge < -0.3 is 25.4 Å². The normalized spacial score (nSPS) is 20.5. The number of aromatic amines is 1. The maximum atomic E-state index is 5.28. The summed E-state index contributed by atoms with van der Waals surface area (Å²) in [5, 5.41) is 10.5. The van der Waals surface area contributed by atoms with Crippen LogP contribution in [0.1, 0.15) is 11.5 Å². The minimum absolute atomic E-state index is 0.0774.